The van der Waals surface area contributed by atoms with E-state index in [4.69, 9.17) is 0 Å². The van der Waals surface area contributed by atoms with Gasteiger partial charge in [-0.2, -0.15) is 0 Å². The predicted octanol–water partition coefficient (Wildman–Crippen LogP) is 3.29. The molecule has 0 bridgehead atoms. The molecule has 2 aliphatic rings. The van der Waals surface area contributed by atoms with Gasteiger partial charge in [-0.05, 0) is 50.9 Å². The number of carboxylic acid groups (broad SMARTS) is 1. The van der Waals surface area contributed by atoms with Crippen LogP contribution >= 0.6 is 24.8 Å². The first-order valence-electron chi connectivity index (χ1n) is 8.45. The van der Waals surface area contributed by atoms with Crippen LogP contribution in [0.2, 0.25) is 0 Å². The Morgan fingerprint density at radius 2 is 1.71 bits per heavy atom. The minimum Gasteiger partial charge on any atom is -0.481 e. The van der Waals surface area contributed by atoms with Gasteiger partial charge in [-0.3, -0.25) is 14.6 Å². The van der Waals surface area contributed by atoms with E-state index in [1.165, 1.54) is 18.4 Å². The van der Waals surface area contributed by atoms with E-state index in [2.05, 4.69) is 40.1 Å². The summed E-state index contributed by atoms with van der Waals surface area (Å²) in [6, 6.07) is 11.2. The number of rotatable bonds is 4. The molecule has 0 aliphatic carbocycles. The van der Waals surface area contributed by atoms with Crippen molar-refractivity contribution in [2.24, 2.45) is 5.92 Å². The fourth-order valence-corrected chi connectivity index (χ4v) is 3.82. The number of halogens is 2. The quantitative estimate of drug-likeness (QED) is 0.877. The van der Waals surface area contributed by atoms with Gasteiger partial charge in [0.2, 0.25) is 0 Å². The lowest BCUT2D eigenvalue weighted by molar-refractivity contribution is -0.144. The van der Waals surface area contributed by atoms with Crippen molar-refractivity contribution in [3.63, 3.8) is 0 Å². The number of benzene rings is 1. The maximum absolute atomic E-state index is 11.2. The van der Waals surface area contributed by atoms with Crippen molar-refractivity contribution in [2.75, 3.05) is 26.2 Å². The summed E-state index contributed by atoms with van der Waals surface area (Å²) in [5, 5.41) is 9.23. The zero-order valence-corrected chi connectivity index (χ0v) is 15.6. The van der Waals surface area contributed by atoms with Gasteiger partial charge in [0, 0.05) is 19.1 Å². The Balaban J connectivity index is 0.00000144. The van der Waals surface area contributed by atoms with E-state index < -0.39 is 5.97 Å². The molecule has 6 heteroatoms. The summed E-state index contributed by atoms with van der Waals surface area (Å²) in [5.41, 5.74) is 1.38. The van der Waals surface area contributed by atoms with Crippen molar-refractivity contribution >= 4 is 30.8 Å². The molecule has 1 aromatic rings. The molecule has 0 aromatic heterocycles. The van der Waals surface area contributed by atoms with Gasteiger partial charge >= 0.3 is 5.97 Å². The molecule has 0 radical (unpaired) electrons. The highest BCUT2D eigenvalue weighted by molar-refractivity contribution is 5.85. The second-order valence-electron chi connectivity index (χ2n) is 6.67. The molecule has 0 spiro atoms. The molecule has 2 aliphatic heterocycles. The number of piperidine rings is 2. The number of carbonyl (C=O) groups is 1. The summed E-state index contributed by atoms with van der Waals surface area (Å²) in [6.45, 7) is 5.10. The lowest BCUT2D eigenvalue weighted by Gasteiger charge is -2.41. The van der Waals surface area contributed by atoms with Crippen LogP contribution in [0.1, 0.15) is 31.2 Å². The smallest absolute Gasteiger partial charge is 0.307 e. The maximum atomic E-state index is 11.2. The van der Waals surface area contributed by atoms with E-state index >= 15 is 0 Å². The van der Waals surface area contributed by atoms with Crippen molar-refractivity contribution in [1.82, 2.24) is 9.80 Å². The molecule has 0 amide bonds. The monoisotopic (exact) mass is 374 g/mol. The zero-order chi connectivity index (χ0) is 15.4. The average Bonchev–Trinajstić information content (AvgIpc) is 2.56. The Morgan fingerprint density at radius 3 is 2.33 bits per heavy atom. The molecule has 1 unspecified atom stereocenters. The van der Waals surface area contributed by atoms with E-state index in [0.717, 1.165) is 45.6 Å². The van der Waals surface area contributed by atoms with Gasteiger partial charge in [0.25, 0.3) is 0 Å². The molecule has 1 aromatic carbocycles. The Labute approximate surface area is 157 Å². The largest absolute Gasteiger partial charge is 0.481 e. The summed E-state index contributed by atoms with van der Waals surface area (Å²) in [5.74, 6) is -0.776. The predicted molar refractivity (Wildman–Crippen MR) is 101 cm³/mol. The van der Waals surface area contributed by atoms with Gasteiger partial charge in [-0.1, -0.05) is 30.3 Å². The van der Waals surface area contributed by atoms with Crippen molar-refractivity contribution in [2.45, 2.75) is 38.3 Å². The molecule has 2 saturated heterocycles. The highest BCUT2D eigenvalue weighted by Gasteiger charge is 2.31. The van der Waals surface area contributed by atoms with Crippen molar-refractivity contribution in [3.05, 3.63) is 35.9 Å². The zero-order valence-electron chi connectivity index (χ0n) is 14.0. The molecule has 2 fully saturated rings. The first-order chi connectivity index (χ1) is 10.7. The van der Waals surface area contributed by atoms with Crippen LogP contribution in [0, 0.1) is 5.92 Å². The van der Waals surface area contributed by atoms with Crippen LogP contribution in [0.4, 0.5) is 0 Å². The number of hydrogen-bond donors (Lipinski definition) is 1. The normalized spacial score (nSPS) is 23.1. The Morgan fingerprint density at radius 1 is 1.04 bits per heavy atom. The molecule has 2 heterocycles. The summed E-state index contributed by atoms with van der Waals surface area (Å²) >= 11 is 0. The lowest BCUT2D eigenvalue weighted by Crippen LogP contribution is -2.49. The average molecular weight is 375 g/mol. The van der Waals surface area contributed by atoms with Crippen LogP contribution in [-0.2, 0) is 11.3 Å². The molecular weight excluding hydrogens is 347 g/mol. The molecule has 136 valence electrons. The van der Waals surface area contributed by atoms with Crippen LogP contribution in [0.5, 0.6) is 0 Å². The fraction of sp³-hybridized carbons (Fsp3) is 0.611. The first-order valence-corrected chi connectivity index (χ1v) is 8.45. The molecule has 4 nitrogen and oxygen atoms in total. The highest BCUT2D eigenvalue weighted by atomic mass is 35.5. The van der Waals surface area contributed by atoms with E-state index in [1.807, 2.05) is 0 Å². The van der Waals surface area contributed by atoms with Crippen LogP contribution < -0.4 is 0 Å². The fourth-order valence-electron chi connectivity index (χ4n) is 3.82. The minimum absolute atomic E-state index is 0. The molecule has 0 saturated carbocycles. The summed E-state index contributed by atoms with van der Waals surface area (Å²) in [7, 11) is 0. The van der Waals surface area contributed by atoms with Gasteiger partial charge in [-0.25, -0.2) is 0 Å². The first kappa shape index (κ1) is 21.2. The SMILES string of the molecule is Cl.Cl.O=C(O)C1CCCN(C2CCN(Cc3ccccc3)CC2)C1. The maximum Gasteiger partial charge on any atom is 0.307 e. The highest BCUT2D eigenvalue weighted by Crippen LogP contribution is 2.24. The Kier molecular flexibility index (Phi) is 9.06. The molecule has 3 rings (SSSR count). The molecule has 24 heavy (non-hydrogen) atoms. The number of aliphatic carboxylic acids is 1. The summed E-state index contributed by atoms with van der Waals surface area (Å²) in [4.78, 5) is 16.2. The summed E-state index contributed by atoms with van der Waals surface area (Å²) < 4.78 is 0. The molecule has 1 N–H and O–H groups in total. The topological polar surface area (TPSA) is 43.8 Å². The van der Waals surface area contributed by atoms with Gasteiger partial charge in [0.05, 0.1) is 5.92 Å². The van der Waals surface area contributed by atoms with Crippen molar-refractivity contribution < 1.29 is 9.90 Å². The third kappa shape index (κ3) is 5.62. The number of hydrogen-bond acceptors (Lipinski definition) is 3. The van der Waals surface area contributed by atoms with Crippen LogP contribution in [0.25, 0.3) is 0 Å². The lowest BCUT2D eigenvalue weighted by atomic mass is 9.94. The third-order valence-corrected chi connectivity index (χ3v) is 5.12. The standard InChI is InChI=1S/C18H26N2O2.2ClH/c21-18(22)16-7-4-10-20(14-16)17-8-11-19(12-9-17)13-15-5-2-1-3-6-15;;/h1-3,5-6,16-17H,4,7-14H2,(H,21,22);2*1H. The van der Waals surface area contributed by atoms with E-state index in [9.17, 15) is 9.90 Å². The van der Waals surface area contributed by atoms with Gasteiger partial charge in [-0.15, -0.1) is 24.8 Å². The van der Waals surface area contributed by atoms with E-state index in [1.54, 1.807) is 0 Å². The van der Waals surface area contributed by atoms with Crippen LogP contribution in [0.15, 0.2) is 30.3 Å². The second-order valence-corrected chi connectivity index (χ2v) is 6.67. The molecule has 1 atom stereocenters. The molecular formula is C18H28Cl2N2O2. The second kappa shape index (κ2) is 10.2. The van der Waals surface area contributed by atoms with Crippen LogP contribution in [-0.4, -0.2) is 53.1 Å². The third-order valence-electron chi connectivity index (χ3n) is 5.12. The van der Waals surface area contributed by atoms with E-state index in [-0.39, 0.29) is 30.7 Å². The van der Waals surface area contributed by atoms with Gasteiger partial charge in [0.15, 0.2) is 0 Å². The minimum atomic E-state index is -0.619. The number of nitrogens with zero attached hydrogens (tertiary/aromatic N) is 2. The Bertz CT molecular complexity index is 493. The summed E-state index contributed by atoms with van der Waals surface area (Å²) in [6.07, 6.45) is 4.21. The van der Waals surface area contributed by atoms with E-state index in [0.29, 0.717) is 6.04 Å². The number of carboxylic acids is 1. The van der Waals surface area contributed by atoms with Crippen LogP contribution in [0.3, 0.4) is 0 Å². The van der Waals surface area contributed by atoms with Gasteiger partial charge < -0.3 is 5.11 Å². The van der Waals surface area contributed by atoms with Crippen molar-refractivity contribution in [1.29, 1.82) is 0 Å². The number of likely N-dealkylation sites (tertiary alicyclic amines) is 2. The van der Waals surface area contributed by atoms with Gasteiger partial charge in [0.1, 0.15) is 0 Å². The Hall–Kier alpha value is -0.810. The van der Waals surface area contributed by atoms with Crippen molar-refractivity contribution in [3.8, 4) is 0 Å².